The number of rotatable bonds is 11. The molecule has 1 heterocycles. The average molecular weight is 500 g/mol. The summed E-state index contributed by atoms with van der Waals surface area (Å²) in [4.78, 5) is 29.6. The number of hydrogen-bond donors (Lipinski definition) is 1. The molecule has 0 unspecified atom stereocenters. The van der Waals surface area contributed by atoms with Crippen LogP contribution in [0, 0.1) is 0 Å². The molecule has 0 spiro atoms. The highest BCUT2D eigenvalue weighted by molar-refractivity contribution is 5.95. The maximum atomic E-state index is 13.5. The maximum Gasteiger partial charge on any atom is 0.265 e. The van der Waals surface area contributed by atoms with E-state index in [0.717, 1.165) is 25.9 Å². The lowest BCUT2D eigenvalue weighted by Crippen LogP contribution is -2.51. The van der Waals surface area contributed by atoms with Crippen molar-refractivity contribution in [3.63, 3.8) is 0 Å². The van der Waals surface area contributed by atoms with Gasteiger partial charge < -0.3 is 29.3 Å². The summed E-state index contributed by atoms with van der Waals surface area (Å²) in [7, 11) is 5.03. The Bertz CT molecular complexity index is 795. The molecule has 1 aliphatic rings. The van der Waals surface area contributed by atoms with E-state index in [2.05, 4.69) is 5.32 Å². The van der Waals surface area contributed by atoms with Gasteiger partial charge in [-0.2, -0.15) is 0 Å². The molecule has 0 aromatic heterocycles. The lowest BCUT2D eigenvalue weighted by atomic mass is 10.0. The van der Waals surface area contributed by atoms with Crippen LogP contribution in [-0.4, -0.2) is 86.8 Å². The number of piperidine rings is 1. The Morgan fingerprint density at radius 3 is 2.44 bits per heavy atom. The summed E-state index contributed by atoms with van der Waals surface area (Å²) in [6.07, 6.45) is 2.73. The van der Waals surface area contributed by atoms with E-state index in [-0.39, 0.29) is 36.3 Å². The summed E-state index contributed by atoms with van der Waals surface area (Å²) in [6.45, 7) is 10.3. The van der Waals surface area contributed by atoms with Crippen molar-refractivity contribution in [3.05, 3.63) is 23.8 Å². The number of hydrogen-bond acceptors (Lipinski definition) is 6. The Labute approximate surface area is 210 Å². The van der Waals surface area contributed by atoms with Crippen LogP contribution in [0.4, 0.5) is 0 Å². The minimum Gasteiger partial charge on any atom is -0.490 e. The molecule has 0 radical (unpaired) electrons. The third-order valence-corrected chi connectivity index (χ3v) is 5.68. The van der Waals surface area contributed by atoms with Crippen LogP contribution >= 0.6 is 12.4 Å². The molecule has 1 aromatic carbocycles. The monoisotopic (exact) mass is 499 g/mol. The Balaban J connectivity index is 0.00000578. The smallest absolute Gasteiger partial charge is 0.265 e. The fraction of sp³-hybridized carbons (Fsp3) is 0.680. The average Bonchev–Trinajstić information content (AvgIpc) is 2.77. The van der Waals surface area contributed by atoms with E-state index >= 15 is 0 Å². The molecular formula is C25H42ClN3O5. The van der Waals surface area contributed by atoms with Crippen LogP contribution in [0.25, 0.3) is 0 Å². The van der Waals surface area contributed by atoms with Gasteiger partial charge >= 0.3 is 0 Å². The van der Waals surface area contributed by atoms with Crippen molar-refractivity contribution >= 4 is 24.2 Å². The Hall–Kier alpha value is -2.03. The molecular weight excluding hydrogens is 458 g/mol. The second-order valence-electron chi connectivity index (χ2n) is 9.47. The predicted octanol–water partition coefficient (Wildman–Crippen LogP) is 3.37. The van der Waals surface area contributed by atoms with E-state index in [9.17, 15) is 9.59 Å². The highest BCUT2D eigenvalue weighted by Crippen LogP contribution is 2.33. The lowest BCUT2D eigenvalue weighted by Gasteiger charge is -2.37. The van der Waals surface area contributed by atoms with Crippen LogP contribution in [0.2, 0.25) is 0 Å². The molecule has 0 aliphatic carbocycles. The number of benzene rings is 1. The van der Waals surface area contributed by atoms with E-state index in [1.165, 1.54) is 4.90 Å². The molecule has 0 bridgehead atoms. The second-order valence-corrected chi connectivity index (χ2v) is 9.47. The van der Waals surface area contributed by atoms with Crippen LogP contribution in [0.5, 0.6) is 11.5 Å². The van der Waals surface area contributed by atoms with Crippen molar-refractivity contribution in [2.24, 2.45) is 0 Å². The summed E-state index contributed by atoms with van der Waals surface area (Å²) < 4.78 is 17.2. The van der Waals surface area contributed by atoms with Gasteiger partial charge in [0.2, 0.25) is 0 Å². The minimum absolute atomic E-state index is 0. The Kier molecular flexibility index (Phi) is 12.1. The summed E-state index contributed by atoms with van der Waals surface area (Å²) in [5, 5.41) is 3.40. The summed E-state index contributed by atoms with van der Waals surface area (Å²) >= 11 is 0. The van der Waals surface area contributed by atoms with E-state index in [4.69, 9.17) is 14.2 Å². The van der Waals surface area contributed by atoms with Crippen molar-refractivity contribution in [2.75, 3.05) is 47.5 Å². The van der Waals surface area contributed by atoms with Crippen molar-refractivity contribution in [3.8, 4) is 11.5 Å². The van der Waals surface area contributed by atoms with Gasteiger partial charge in [0.25, 0.3) is 11.8 Å². The van der Waals surface area contributed by atoms with E-state index in [1.54, 1.807) is 53.3 Å². The first-order valence-electron chi connectivity index (χ1n) is 11.8. The van der Waals surface area contributed by atoms with Crippen LogP contribution in [0.15, 0.2) is 18.2 Å². The Morgan fingerprint density at radius 2 is 1.88 bits per heavy atom. The number of carbonyl (C=O) groups is 2. The van der Waals surface area contributed by atoms with E-state index in [0.29, 0.717) is 36.7 Å². The zero-order valence-electron chi connectivity index (χ0n) is 21.7. The second kappa shape index (κ2) is 13.8. The molecule has 2 amide bonds. The van der Waals surface area contributed by atoms with Gasteiger partial charge in [-0.05, 0) is 65.3 Å². The fourth-order valence-electron chi connectivity index (χ4n) is 4.12. The quantitative estimate of drug-likeness (QED) is 0.470. The van der Waals surface area contributed by atoms with Gasteiger partial charge in [-0.25, -0.2) is 0 Å². The molecule has 1 fully saturated rings. The first kappa shape index (κ1) is 30.0. The molecule has 1 aromatic rings. The van der Waals surface area contributed by atoms with Crippen LogP contribution in [0.1, 0.15) is 57.3 Å². The molecule has 9 heteroatoms. The van der Waals surface area contributed by atoms with Gasteiger partial charge in [0.05, 0.1) is 6.61 Å². The lowest BCUT2D eigenvalue weighted by molar-refractivity contribution is -0.142. The minimum atomic E-state index is -1.09. The van der Waals surface area contributed by atoms with Crippen LogP contribution in [-0.2, 0) is 9.53 Å². The van der Waals surface area contributed by atoms with Crippen molar-refractivity contribution in [1.29, 1.82) is 0 Å². The van der Waals surface area contributed by atoms with Crippen LogP contribution in [0.3, 0.4) is 0 Å². The van der Waals surface area contributed by atoms with E-state index < -0.39 is 5.60 Å². The molecule has 1 atom stereocenters. The number of likely N-dealkylation sites (N-methyl/N-ethyl adjacent to an activating group) is 1. The summed E-state index contributed by atoms with van der Waals surface area (Å²) in [5.74, 6) is 0.682. The normalized spacial score (nSPS) is 15.9. The first-order chi connectivity index (χ1) is 15.6. The SMILES string of the molecule is COCCCOc1cc(C(=O)N(C(C)C)[C@@H]2CCCNC2)ccc1OC(C)(C)C(=O)N(C)C.Cl. The third kappa shape index (κ3) is 8.03. The number of halogens is 1. The number of ether oxygens (including phenoxy) is 3. The number of methoxy groups -OCH3 is 1. The van der Waals surface area contributed by atoms with Crippen molar-refractivity contribution < 1.29 is 23.8 Å². The Morgan fingerprint density at radius 1 is 1.18 bits per heavy atom. The third-order valence-electron chi connectivity index (χ3n) is 5.68. The molecule has 1 aliphatic heterocycles. The van der Waals surface area contributed by atoms with E-state index in [1.807, 2.05) is 18.7 Å². The molecule has 34 heavy (non-hydrogen) atoms. The van der Waals surface area contributed by atoms with Gasteiger partial charge in [0.1, 0.15) is 0 Å². The zero-order valence-corrected chi connectivity index (χ0v) is 22.5. The van der Waals surface area contributed by atoms with Gasteiger partial charge in [0.15, 0.2) is 17.1 Å². The van der Waals surface area contributed by atoms with Gasteiger partial charge in [-0.3, -0.25) is 9.59 Å². The molecule has 8 nitrogen and oxygen atoms in total. The first-order valence-corrected chi connectivity index (χ1v) is 11.8. The molecule has 194 valence electrons. The highest BCUT2D eigenvalue weighted by Gasteiger charge is 2.33. The number of carbonyl (C=O) groups excluding carboxylic acids is 2. The summed E-state index contributed by atoms with van der Waals surface area (Å²) in [6, 6.07) is 5.43. The fourth-order valence-corrected chi connectivity index (χ4v) is 4.12. The summed E-state index contributed by atoms with van der Waals surface area (Å²) in [5.41, 5.74) is -0.544. The molecule has 0 saturated carbocycles. The molecule has 2 rings (SSSR count). The maximum absolute atomic E-state index is 13.5. The topological polar surface area (TPSA) is 80.3 Å². The van der Waals surface area contributed by atoms with Crippen molar-refractivity contribution in [2.45, 2.75) is 64.6 Å². The zero-order chi connectivity index (χ0) is 24.6. The highest BCUT2D eigenvalue weighted by atomic mass is 35.5. The standard InChI is InChI=1S/C25H41N3O5.ClH/c1-18(2)28(20-10-8-13-26-17-20)23(29)19-11-12-21(22(16-19)32-15-9-14-31-7)33-25(3,4)24(30)27(5)6;/h11-12,16,18,20,26H,8-10,13-15,17H2,1-7H3;1H/t20-;/m1./s1. The van der Waals surface area contributed by atoms with Gasteiger partial charge in [-0.15, -0.1) is 12.4 Å². The largest absolute Gasteiger partial charge is 0.490 e. The van der Waals surface area contributed by atoms with Gasteiger partial charge in [-0.1, -0.05) is 0 Å². The molecule has 1 N–H and O–H groups in total. The predicted molar refractivity (Wildman–Crippen MR) is 136 cm³/mol. The molecule has 1 saturated heterocycles. The number of nitrogens with one attached hydrogen (secondary N) is 1. The number of nitrogens with zero attached hydrogens (tertiary/aromatic N) is 2. The number of amides is 2. The van der Waals surface area contributed by atoms with Crippen LogP contribution < -0.4 is 14.8 Å². The van der Waals surface area contributed by atoms with Gasteiger partial charge in [0, 0.05) is 58.4 Å². The van der Waals surface area contributed by atoms with Crippen molar-refractivity contribution in [1.82, 2.24) is 15.1 Å².